The molecule has 0 aromatic heterocycles. The van der Waals surface area contributed by atoms with Crippen LogP contribution in [0.3, 0.4) is 0 Å². The maximum Gasteiger partial charge on any atom is 0.193 e. The summed E-state index contributed by atoms with van der Waals surface area (Å²) in [6, 6.07) is 0.775. The van der Waals surface area contributed by atoms with Crippen LogP contribution in [-0.4, -0.2) is 88.0 Å². The highest BCUT2D eigenvalue weighted by atomic mass is 127. The van der Waals surface area contributed by atoms with Crippen molar-refractivity contribution in [1.82, 2.24) is 15.1 Å². The molecule has 166 valence electrons. The Hall–Kier alpha value is -0.120. The number of rotatable bonds is 10. The minimum atomic E-state index is 0. The number of likely N-dealkylation sites (tertiary alicyclic amines) is 2. The van der Waals surface area contributed by atoms with Gasteiger partial charge in [-0.15, -0.1) is 24.0 Å². The molecule has 2 saturated heterocycles. The van der Waals surface area contributed by atoms with E-state index < -0.39 is 0 Å². The lowest BCUT2D eigenvalue weighted by atomic mass is 10.0. The lowest BCUT2D eigenvalue weighted by Crippen LogP contribution is -2.47. The number of nitrogens with zero attached hydrogens (tertiary/aromatic N) is 3. The lowest BCUT2D eigenvalue weighted by molar-refractivity contribution is 0.00991. The molecule has 1 N–H and O–H groups in total. The van der Waals surface area contributed by atoms with Crippen molar-refractivity contribution in [2.24, 2.45) is 4.99 Å². The molecule has 0 amide bonds. The Morgan fingerprint density at radius 2 is 1.82 bits per heavy atom. The number of halogens is 1. The van der Waals surface area contributed by atoms with E-state index in [1.54, 1.807) is 7.11 Å². The molecule has 7 heteroatoms. The summed E-state index contributed by atoms with van der Waals surface area (Å²) in [5.41, 5.74) is 0. The number of piperidine rings is 2. The van der Waals surface area contributed by atoms with Crippen molar-refractivity contribution in [3.63, 3.8) is 0 Å². The largest absolute Gasteiger partial charge is 0.385 e. The van der Waals surface area contributed by atoms with Gasteiger partial charge in [0.05, 0.1) is 6.10 Å². The number of unbranched alkanes of at least 4 members (excludes halogenated alkanes) is 1. The van der Waals surface area contributed by atoms with Crippen LogP contribution in [0.15, 0.2) is 4.99 Å². The van der Waals surface area contributed by atoms with E-state index in [1.807, 2.05) is 7.05 Å². The third kappa shape index (κ3) is 9.59. The van der Waals surface area contributed by atoms with Gasteiger partial charge < -0.3 is 24.6 Å². The van der Waals surface area contributed by atoms with Gasteiger partial charge in [-0.05, 0) is 65.0 Å². The average molecular weight is 511 g/mol. The molecule has 1 unspecified atom stereocenters. The molecule has 0 radical (unpaired) electrons. The van der Waals surface area contributed by atoms with Gasteiger partial charge in [-0.1, -0.05) is 6.42 Å². The highest BCUT2D eigenvalue weighted by Crippen LogP contribution is 2.17. The Kier molecular flexibility index (Phi) is 14.5. The molecule has 0 spiro atoms. The van der Waals surface area contributed by atoms with Crippen LogP contribution >= 0.6 is 24.0 Å². The summed E-state index contributed by atoms with van der Waals surface area (Å²) < 4.78 is 11.0. The number of hydrogen-bond donors (Lipinski definition) is 1. The number of methoxy groups -OCH3 is 1. The van der Waals surface area contributed by atoms with Gasteiger partial charge in [-0.25, -0.2) is 0 Å². The molecular weight excluding hydrogens is 467 g/mol. The summed E-state index contributed by atoms with van der Waals surface area (Å²) in [5, 5.41) is 3.56. The molecule has 1 atom stereocenters. The van der Waals surface area contributed by atoms with Gasteiger partial charge in [0, 0.05) is 53.0 Å². The van der Waals surface area contributed by atoms with Crippen molar-refractivity contribution >= 4 is 29.9 Å². The van der Waals surface area contributed by atoms with E-state index in [0.717, 1.165) is 64.1 Å². The Balaban J connectivity index is 0.00000392. The summed E-state index contributed by atoms with van der Waals surface area (Å²) in [6.45, 7) is 9.57. The van der Waals surface area contributed by atoms with Gasteiger partial charge in [0.1, 0.15) is 0 Å². The highest BCUT2D eigenvalue weighted by Gasteiger charge is 2.22. The molecule has 0 aromatic carbocycles. The quantitative estimate of drug-likeness (QED) is 0.212. The molecular formula is C21H43IN4O2. The van der Waals surface area contributed by atoms with E-state index in [9.17, 15) is 0 Å². The van der Waals surface area contributed by atoms with Gasteiger partial charge >= 0.3 is 0 Å². The second-order valence-electron chi connectivity index (χ2n) is 7.97. The molecule has 2 rings (SSSR count). The zero-order valence-electron chi connectivity index (χ0n) is 18.3. The zero-order valence-corrected chi connectivity index (χ0v) is 20.7. The molecule has 2 fully saturated rings. The molecule has 6 nitrogen and oxygen atoms in total. The van der Waals surface area contributed by atoms with E-state index in [-0.39, 0.29) is 24.0 Å². The van der Waals surface area contributed by atoms with Crippen LogP contribution in [0, 0.1) is 0 Å². The van der Waals surface area contributed by atoms with E-state index >= 15 is 0 Å². The Labute approximate surface area is 189 Å². The maximum atomic E-state index is 5.95. The first kappa shape index (κ1) is 25.9. The summed E-state index contributed by atoms with van der Waals surface area (Å²) >= 11 is 0. The molecule has 0 aliphatic carbocycles. The fraction of sp³-hybridized carbons (Fsp3) is 0.952. The summed E-state index contributed by atoms with van der Waals surface area (Å²) in [4.78, 5) is 9.53. The van der Waals surface area contributed by atoms with Gasteiger partial charge in [0.25, 0.3) is 0 Å². The predicted molar refractivity (Wildman–Crippen MR) is 128 cm³/mol. The first-order valence-electron chi connectivity index (χ1n) is 11.0. The van der Waals surface area contributed by atoms with Crippen LogP contribution < -0.4 is 5.32 Å². The number of aliphatic imine (C=N–C) groups is 1. The van der Waals surface area contributed by atoms with Crippen LogP contribution in [0.2, 0.25) is 0 Å². The van der Waals surface area contributed by atoms with Crippen molar-refractivity contribution < 1.29 is 9.47 Å². The second-order valence-corrected chi connectivity index (χ2v) is 7.97. The fourth-order valence-corrected chi connectivity index (χ4v) is 4.15. The van der Waals surface area contributed by atoms with E-state index in [1.165, 1.54) is 45.2 Å². The van der Waals surface area contributed by atoms with Crippen LogP contribution in [-0.2, 0) is 9.47 Å². The second kappa shape index (κ2) is 15.7. The van der Waals surface area contributed by atoms with E-state index in [0.29, 0.717) is 6.10 Å². The van der Waals surface area contributed by atoms with Crippen molar-refractivity contribution in [2.45, 2.75) is 70.4 Å². The van der Waals surface area contributed by atoms with Gasteiger partial charge in [-0.2, -0.15) is 0 Å². The third-order valence-electron chi connectivity index (χ3n) is 5.90. The van der Waals surface area contributed by atoms with Crippen molar-refractivity contribution in [3.8, 4) is 0 Å². The first-order valence-corrected chi connectivity index (χ1v) is 11.0. The summed E-state index contributed by atoms with van der Waals surface area (Å²) in [5.74, 6) is 1.05. The summed E-state index contributed by atoms with van der Waals surface area (Å²) in [7, 11) is 3.64. The monoisotopic (exact) mass is 510 g/mol. The minimum Gasteiger partial charge on any atom is -0.385 e. The Morgan fingerprint density at radius 1 is 1.04 bits per heavy atom. The van der Waals surface area contributed by atoms with Crippen molar-refractivity contribution in [2.75, 3.05) is 60.1 Å². The van der Waals surface area contributed by atoms with Gasteiger partial charge in [0.15, 0.2) is 5.96 Å². The van der Waals surface area contributed by atoms with Gasteiger partial charge in [0.2, 0.25) is 0 Å². The first-order chi connectivity index (χ1) is 13.2. The molecule has 28 heavy (non-hydrogen) atoms. The van der Waals surface area contributed by atoms with Crippen LogP contribution in [0.1, 0.15) is 58.3 Å². The Bertz CT molecular complexity index is 417. The van der Waals surface area contributed by atoms with Gasteiger partial charge in [-0.3, -0.25) is 4.99 Å². The fourth-order valence-electron chi connectivity index (χ4n) is 4.15. The molecule has 2 aliphatic heterocycles. The smallest absolute Gasteiger partial charge is 0.193 e. The highest BCUT2D eigenvalue weighted by molar-refractivity contribution is 14.0. The van der Waals surface area contributed by atoms with Crippen molar-refractivity contribution in [3.05, 3.63) is 0 Å². The SMILES string of the molecule is CN=C(NCCCCN1CCCCC1C)N1CCC(OCCCOC)CC1.I. The molecule has 0 bridgehead atoms. The third-order valence-corrected chi connectivity index (χ3v) is 5.90. The predicted octanol–water partition coefficient (Wildman–Crippen LogP) is 3.35. The molecule has 2 heterocycles. The number of guanidine groups is 1. The molecule has 0 aromatic rings. The van der Waals surface area contributed by atoms with Crippen molar-refractivity contribution in [1.29, 1.82) is 0 Å². The number of nitrogens with one attached hydrogen (secondary N) is 1. The average Bonchev–Trinajstić information content (AvgIpc) is 2.70. The summed E-state index contributed by atoms with van der Waals surface area (Å²) in [6.07, 6.45) is 10.2. The normalized spacial score (nSPS) is 22.2. The molecule has 0 saturated carbocycles. The standard InChI is InChI=1S/C21H42N4O2.HI/c1-19-9-4-6-13-24(19)14-7-5-12-23-21(22-2)25-15-10-20(11-16-25)27-18-8-17-26-3;/h19-20H,4-18H2,1-3H3,(H,22,23);1H. The topological polar surface area (TPSA) is 49.3 Å². The Morgan fingerprint density at radius 3 is 2.50 bits per heavy atom. The maximum absolute atomic E-state index is 5.95. The lowest BCUT2D eigenvalue weighted by Gasteiger charge is -2.34. The van der Waals surface area contributed by atoms with E-state index in [4.69, 9.17) is 9.47 Å². The molecule has 2 aliphatic rings. The number of ether oxygens (including phenoxy) is 2. The van der Waals surface area contributed by atoms with Crippen LogP contribution in [0.5, 0.6) is 0 Å². The van der Waals surface area contributed by atoms with E-state index in [2.05, 4.69) is 27.0 Å². The zero-order chi connectivity index (χ0) is 19.3. The van der Waals surface area contributed by atoms with Crippen LogP contribution in [0.4, 0.5) is 0 Å². The minimum absolute atomic E-state index is 0. The number of hydrogen-bond acceptors (Lipinski definition) is 4. The van der Waals surface area contributed by atoms with Crippen LogP contribution in [0.25, 0.3) is 0 Å².